The van der Waals surface area contributed by atoms with E-state index in [4.69, 9.17) is 7.85 Å². The Bertz CT molecular complexity index is 199. The highest BCUT2D eigenvalue weighted by Gasteiger charge is 1.93. The normalized spacial score (nSPS) is 9.70. The van der Waals surface area contributed by atoms with Crippen molar-refractivity contribution < 1.29 is 0 Å². The van der Waals surface area contributed by atoms with Gasteiger partial charge in [-0.3, -0.25) is 0 Å². The molecule has 1 rings (SSSR count). The monoisotopic (exact) mass is 152 g/mol. The molecule has 4 heteroatoms. The highest BCUT2D eigenvalue weighted by molar-refractivity contribution is 7.23. The quantitative estimate of drug-likeness (QED) is 0.646. The third kappa shape index (κ3) is 2.03. The van der Waals surface area contributed by atoms with Gasteiger partial charge in [-0.25, -0.2) is 4.98 Å². The Balaban J connectivity index is 2.42. The maximum atomic E-state index is 5.47. The van der Waals surface area contributed by atoms with Crippen molar-refractivity contribution in [3.63, 3.8) is 0 Å². The van der Waals surface area contributed by atoms with Gasteiger partial charge >= 0.3 is 0 Å². The molecule has 10 heavy (non-hydrogen) atoms. The molecule has 1 aromatic heterocycles. The third-order valence-corrected chi connectivity index (χ3v) is 1.83. The molecule has 0 aliphatic heterocycles. The van der Waals surface area contributed by atoms with E-state index in [0.29, 0.717) is 0 Å². The zero-order chi connectivity index (χ0) is 7.40. The molecule has 0 saturated carbocycles. The fraction of sp³-hybridized carbons (Fsp3) is 0.500. The van der Waals surface area contributed by atoms with Crippen LogP contribution in [0.3, 0.4) is 0 Å². The van der Waals surface area contributed by atoms with E-state index in [2.05, 4.69) is 17.2 Å². The maximum Gasteiger partial charge on any atom is 0.181 e. The van der Waals surface area contributed by atoms with Gasteiger partial charge in [-0.1, -0.05) is 6.92 Å². The van der Waals surface area contributed by atoms with Crippen molar-refractivity contribution in [2.24, 2.45) is 0 Å². The number of nitrogens with one attached hydrogen (secondary N) is 1. The van der Waals surface area contributed by atoms with Crippen LogP contribution in [0, 0.1) is 0 Å². The summed E-state index contributed by atoms with van der Waals surface area (Å²) < 4.78 is 0.763. The molecule has 2 nitrogen and oxygen atoms in total. The molecule has 0 amide bonds. The van der Waals surface area contributed by atoms with Crippen molar-refractivity contribution >= 4 is 29.1 Å². The Morgan fingerprint density at radius 3 is 3.10 bits per heavy atom. The van der Waals surface area contributed by atoms with Gasteiger partial charge in [0.05, 0.1) is 0 Å². The van der Waals surface area contributed by atoms with Gasteiger partial charge < -0.3 is 5.32 Å². The lowest BCUT2D eigenvalue weighted by molar-refractivity contribution is 0.976. The molecule has 0 saturated heterocycles. The van der Waals surface area contributed by atoms with Crippen LogP contribution in [0.5, 0.6) is 0 Å². The molecule has 0 aromatic carbocycles. The molecule has 1 heterocycles. The molecule has 0 aliphatic carbocycles. The summed E-state index contributed by atoms with van der Waals surface area (Å²) in [5.74, 6) is 0. The Morgan fingerprint density at radius 1 is 1.80 bits per heavy atom. The van der Waals surface area contributed by atoms with Crippen LogP contribution in [-0.2, 0) is 0 Å². The van der Waals surface area contributed by atoms with E-state index in [1.54, 1.807) is 6.20 Å². The predicted molar refractivity (Wildman–Crippen MR) is 46.3 cm³/mol. The first-order chi connectivity index (χ1) is 4.83. The summed E-state index contributed by atoms with van der Waals surface area (Å²) >= 11 is 1.48. The second-order valence-corrected chi connectivity index (χ2v) is 3.06. The molecule has 0 bridgehead atoms. The average molecular weight is 152 g/mol. The van der Waals surface area contributed by atoms with E-state index in [-0.39, 0.29) is 0 Å². The topological polar surface area (TPSA) is 24.9 Å². The van der Waals surface area contributed by atoms with Crippen molar-refractivity contribution in [1.29, 1.82) is 0 Å². The van der Waals surface area contributed by atoms with E-state index >= 15 is 0 Å². The standard InChI is InChI=1S/C6H9BN2S/c1-2-3-8-6-9-4-5(7)10-6/h4H,2-3H2,1H3,(H,8,9). The largest absolute Gasteiger partial charge is 0.362 e. The predicted octanol–water partition coefficient (Wildman–Crippen LogP) is 0.759. The van der Waals surface area contributed by atoms with Crippen LogP contribution in [-0.4, -0.2) is 19.4 Å². The van der Waals surface area contributed by atoms with E-state index in [9.17, 15) is 0 Å². The van der Waals surface area contributed by atoms with Gasteiger partial charge in [0.2, 0.25) is 0 Å². The first-order valence-corrected chi connectivity index (χ1v) is 4.09. The molecule has 1 aromatic rings. The van der Waals surface area contributed by atoms with Crippen LogP contribution in [0.15, 0.2) is 6.20 Å². The van der Waals surface area contributed by atoms with Crippen LogP contribution in [0.2, 0.25) is 0 Å². The zero-order valence-corrected chi connectivity index (χ0v) is 6.74. The minimum Gasteiger partial charge on any atom is -0.362 e. The molecule has 0 unspecified atom stereocenters. The first kappa shape index (κ1) is 7.60. The summed E-state index contributed by atoms with van der Waals surface area (Å²) in [7, 11) is 5.47. The van der Waals surface area contributed by atoms with Gasteiger partial charge in [0.1, 0.15) is 7.85 Å². The van der Waals surface area contributed by atoms with Gasteiger partial charge in [-0.05, 0) is 11.2 Å². The van der Waals surface area contributed by atoms with Gasteiger partial charge in [-0.15, -0.1) is 11.3 Å². The number of thiazole rings is 1. The minimum absolute atomic E-state index is 0.763. The average Bonchev–Trinajstić information content (AvgIpc) is 2.31. The first-order valence-electron chi connectivity index (χ1n) is 3.28. The molecule has 1 N–H and O–H groups in total. The van der Waals surface area contributed by atoms with Crippen LogP contribution in [0.25, 0.3) is 0 Å². The summed E-state index contributed by atoms with van der Waals surface area (Å²) in [4.78, 5) is 4.04. The molecule has 0 fully saturated rings. The smallest absolute Gasteiger partial charge is 0.181 e. The van der Waals surface area contributed by atoms with Crippen molar-refractivity contribution in [2.45, 2.75) is 13.3 Å². The van der Waals surface area contributed by atoms with E-state index in [1.807, 2.05) is 0 Å². The molecule has 2 radical (unpaired) electrons. The summed E-state index contributed by atoms with van der Waals surface area (Å²) in [5.41, 5.74) is 0. The Labute approximate surface area is 66.1 Å². The maximum absolute atomic E-state index is 5.47. The fourth-order valence-electron chi connectivity index (χ4n) is 0.600. The van der Waals surface area contributed by atoms with Crippen molar-refractivity contribution in [3.05, 3.63) is 6.20 Å². The lowest BCUT2D eigenvalue weighted by Gasteiger charge is -1.96. The van der Waals surface area contributed by atoms with Crippen molar-refractivity contribution in [1.82, 2.24) is 4.98 Å². The Kier molecular flexibility index (Phi) is 2.74. The molecule has 0 aliphatic rings. The number of aromatic nitrogens is 1. The number of hydrogen-bond donors (Lipinski definition) is 1. The minimum atomic E-state index is 0.763. The van der Waals surface area contributed by atoms with Crippen molar-refractivity contribution in [3.8, 4) is 0 Å². The van der Waals surface area contributed by atoms with E-state index in [0.717, 1.165) is 22.9 Å². The lowest BCUT2D eigenvalue weighted by Crippen LogP contribution is -1.98. The highest BCUT2D eigenvalue weighted by Crippen LogP contribution is 2.06. The van der Waals surface area contributed by atoms with Gasteiger partial charge in [0, 0.05) is 12.7 Å². The SMILES string of the molecule is [B]c1cnc(NCCC)s1. The Hall–Kier alpha value is -0.505. The van der Waals surface area contributed by atoms with Crippen molar-refractivity contribution in [2.75, 3.05) is 11.9 Å². The van der Waals surface area contributed by atoms with Crippen LogP contribution < -0.4 is 10.1 Å². The summed E-state index contributed by atoms with van der Waals surface area (Å²) in [6.45, 7) is 3.08. The number of hydrogen-bond acceptors (Lipinski definition) is 3. The van der Waals surface area contributed by atoms with E-state index in [1.165, 1.54) is 11.3 Å². The summed E-state index contributed by atoms with van der Waals surface area (Å²) in [6.07, 6.45) is 2.78. The second-order valence-electron chi connectivity index (χ2n) is 1.99. The summed E-state index contributed by atoms with van der Waals surface area (Å²) in [6, 6.07) is 0. The molecule has 0 atom stereocenters. The Morgan fingerprint density at radius 2 is 2.60 bits per heavy atom. The molecule has 52 valence electrons. The van der Waals surface area contributed by atoms with Crippen LogP contribution in [0.1, 0.15) is 13.3 Å². The van der Waals surface area contributed by atoms with Gasteiger partial charge in [0.25, 0.3) is 0 Å². The number of anilines is 1. The van der Waals surface area contributed by atoms with Crippen LogP contribution >= 0.6 is 11.3 Å². The fourth-order valence-corrected chi connectivity index (χ4v) is 1.21. The molecular weight excluding hydrogens is 143 g/mol. The third-order valence-electron chi connectivity index (χ3n) is 1.05. The van der Waals surface area contributed by atoms with Gasteiger partial charge in [-0.2, -0.15) is 0 Å². The van der Waals surface area contributed by atoms with Crippen LogP contribution in [0.4, 0.5) is 5.13 Å². The summed E-state index contributed by atoms with van der Waals surface area (Å²) in [5, 5.41) is 4.06. The lowest BCUT2D eigenvalue weighted by atomic mass is 10.1. The second kappa shape index (κ2) is 3.61. The zero-order valence-electron chi connectivity index (χ0n) is 5.92. The number of nitrogens with zero attached hydrogens (tertiary/aromatic N) is 1. The number of rotatable bonds is 3. The van der Waals surface area contributed by atoms with Gasteiger partial charge in [0.15, 0.2) is 5.13 Å². The highest BCUT2D eigenvalue weighted by atomic mass is 32.1. The molecule has 0 spiro atoms. The molecular formula is C6H9BN2S. The van der Waals surface area contributed by atoms with E-state index < -0.39 is 0 Å².